The molecule has 0 aliphatic carbocycles. The number of aliphatic hydroxyl groups excluding tert-OH is 1. The fourth-order valence-electron chi connectivity index (χ4n) is 1.82. The van der Waals surface area contributed by atoms with Gasteiger partial charge < -0.3 is 14.9 Å². The summed E-state index contributed by atoms with van der Waals surface area (Å²) < 4.78 is 0. The van der Waals surface area contributed by atoms with Gasteiger partial charge in [-0.2, -0.15) is 0 Å². The molecule has 3 heteroatoms. The van der Waals surface area contributed by atoms with Gasteiger partial charge in [-0.15, -0.1) is 0 Å². The van der Waals surface area contributed by atoms with Gasteiger partial charge in [-0.25, -0.2) is 0 Å². The van der Waals surface area contributed by atoms with Crippen LogP contribution in [0.1, 0.15) is 20.3 Å². The molecule has 1 rings (SSSR count). The van der Waals surface area contributed by atoms with E-state index in [0.717, 1.165) is 39.1 Å². The van der Waals surface area contributed by atoms with Crippen molar-refractivity contribution in [1.82, 2.24) is 9.80 Å². The van der Waals surface area contributed by atoms with Crippen molar-refractivity contribution in [1.29, 1.82) is 0 Å². The highest BCUT2D eigenvalue weighted by Crippen LogP contribution is 2.22. The van der Waals surface area contributed by atoms with Crippen molar-refractivity contribution in [2.45, 2.75) is 20.3 Å². The van der Waals surface area contributed by atoms with E-state index in [1.54, 1.807) is 0 Å². The van der Waals surface area contributed by atoms with Crippen molar-refractivity contribution in [3.05, 3.63) is 0 Å². The van der Waals surface area contributed by atoms with E-state index in [-0.39, 0.29) is 5.41 Å². The molecule has 1 unspecified atom stereocenters. The van der Waals surface area contributed by atoms with Gasteiger partial charge in [-0.3, -0.25) is 0 Å². The summed E-state index contributed by atoms with van der Waals surface area (Å²) in [6, 6.07) is 0. The van der Waals surface area contributed by atoms with Crippen LogP contribution in [0.25, 0.3) is 0 Å². The predicted octanol–water partition coefficient (Wildman–Crippen LogP) is 0.642. The van der Waals surface area contributed by atoms with Crippen molar-refractivity contribution in [3.8, 4) is 0 Å². The van der Waals surface area contributed by atoms with E-state index in [1.165, 1.54) is 0 Å². The quantitative estimate of drug-likeness (QED) is 0.721. The van der Waals surface area contributed by atoms with Crippen LogP contribution in [-0.2, 0) is 0 Å². The van der Waals surface area contributed by atoms with Crippen molar-refractivity contribution >= 4 is 0 Å². The first kappa shape index (κ1) is 12.0. The second kappa shape index (κ2) is 5.10. The van der Waals surface area contributed by atoms with Crippen LogP contribution < -0.4 is 0 Å². The van der Waals surface area contributed by atoms with E-state index in [1.807, 2.05) is 0 Å². The smallest absolute Gasteiger partial charge is 0.0496 e. The lowest BCUT2D eigenvalue weighted by Crippen LogP contribution is -2.48. The average Bonchev–Trinajstić information content (AvgIpc) is 2.21. The van der Waals surface area contributed by atoms with Crippen molar-refractivity contribution in [3.63, 3.8) is 0 Å². The maximum absolute atomic E-state index is 9.33. The van der Waals surface area contributed by atoms with Crippen LogP contribution >= 0.6 is 0 Å². The summed E-state index contributed by atoms with van der Waals surface area (Å²) in [5.41, 5.74) is 0.0932. The molecular weight excluding hydrogens is 176 g/mol. The van der Waals surface area contributed by atoms with Gasteiger partial charge >= 0.3 is 0 Å². The molecule has 1 aliphatic heterocycles. The first-order valence-corrected chi connectivity index (χ1v) is 5.61. The monoisotopic (exact) mass is 200 g/mol. The van der Waals surface area contributed by atoms with Gasteiger partial charge in [0.2, 0.25) is 0 Å². The summed E-state index contributed by atoms with van der Waals surface area (Å²) in [6.45, 7) is 10.3. The van der Waals surface area contributed by atoms with Crippen LogP contribution in [0.4, 0.5) is 0 Å². The number of rotatable bonds is 4. The molecule has 14 heavy (non-hydrogen) atoms. The standard InChI is InChI=1S/C11H24N2O/c1-4-11(2,10-14)9-13-7-5-12(3)6-8-13/h14H,4-10H2,1-3H3. The van der Waals surface area contributed by atoms with Crippen LogP contribution in [0.15, 0.2) is 0 Å². The Bertz CT molecular complexity index is 161. The maximum Gasteiger partial charge on any atom is 0.0496 e. The number of likely N-dealkylation sites (N-methyl/N-ethyl adjacent to an activating group) is 1. The lowest BCUT2D eigenvalue weighted by Gasteiger charge is -2.38. The molecule has 0 aromatic rings. The largest absolute Gasteiger partial charge is 0.396 e. The van der Waals surface area contributed by atoms with Gasteiger partial charge in [-0.05, 0) is 13.5 Å². The molecule has 1 aliphatic rings. The summed E-state index contributed by atoms with van der Waals surface area (Å²) in [4.78, 5) is 4.83. The molecule has 0 aromatic heterocycles. The summed E-state index contributed by atoms with van der Waals surface area (Å²) in [5.74, 6) is 0. The van der Waals surface area contributed by atoms with Gasteiger partial charge in [0.25, 0.3) is 0 Å². The van der Waals surface area contributed by atoms with Gasteiger partial charge in [0.05, 0.1) is 0 Å². The molecule has 3 nitrogen and oxygen atoms in total. The van der Waals surface area contributed by atoms with E-state index in [4.69, 9.17) is 0 Å². The highest BCUT2D eigenvalue weighted by atomic mass is 16.3. The molecule has 1 N–H and O–H groups in total. The van der Waals surface area contributed by atoms with Crippen LogP contribution in [0.5, 0.6) is 0 Å². The Kier molecular flexibility index (Phi) is 4.35. The topological polar surface area (TPSA) is 26.7 Å². The molecule has 1 saturated heterocycles. The van der Waals surface area contributed by atoms with E-state index >= 15 is 0 Å². The normalized spacial score (nSPS) is 24.9. The number of hydrogen-bond donors (Lipinski definition) is 1. The molecule has 0 aromatic carbocycles. The van der Waals surface area contributed by atoms with Gasteiger partial charge in [0, 0.05) is 44.7 Å². The lowest BCUT2D eigenvalue weighted by atomic mass is 9.88. The molecule has 1 atom stereocenters. The Morgan fingerprint density at radius 1 is 1.21 bits per heavy atom. The Hall–Kier alpha value is -0.120. The molecular formula is C11H24N2O. The second-order valence-corrected chi connectivity index (χ2v) is 4.90. The van der Waals surface area contributed by atoms with Crippen molar-refractivity contribution in [2.24, 2.45) is 5.41 Å². The SMILES string of the molecule is CCC(C)(CO)CN1CCN(C)CC1. The zero-order valence-electron chi connectivity index (χ0n) is 9.79. The summed E-state index contributed by atoms with van der Waals surface area (Å²) in [7, 11) is 2.17. The average molecular weight is 200 g/mol. The third-order valence-corrected chi connectivity index (χ3v) is 3.44. The van der Waals surface area contributed by atoms with Crippen LogP contribution in [0.3, 0.4) is 0 Å². The Morgan fingerprint density at radius 2 is 1.79 bits per heavy atom. The van der Waals surface area contributed by atoms with Crippen LogP contribution in [0, 0.1) is 5.41 Å². The fourth-order valence-corrected chi connectivity index (χ4v) is 1.82. The molecule has 0 saturated carbocycles. The predicted molar refractivity (Wildman–Crippen MR) is 59.4 cm³/mol. The Morgan fingerprint density at radius 3 is 2.21 bits per heavy atom. The minimum atomic E-state index is 0.0932. The van der Waals surface area contributed by atoms with Crippen molar-refractivity contribution < 1.29 is 5.11 Å². The molecule has 0 bridgehead atoms. The lowest BCUT2D eigenvalue weighted by molar-refractivity contribution is 0.0600. The summed E-state index contributed by atoms with van der Waals surface area (Å²) in [5, 5.41) is 9.33. The Balaban J connectivity index is 2.36. The van der Waals surface area contributed by atoms with E-state index < -0.39 is 0 Å². The number of nitrogens with zero attached hydrogens (tertiary/aromatic N) is 2. The number of aliphatic hydroxyl groups is 1. The third-order valence-electron chi connectivity index (χ3n) is 3.44. The molecule has 0 spiro atoms. The Labute approximate surface area is 87.7 Å². The minimum absolute atomic E-state index is 0.0932. The maximum atomic E-state index is 9.33. The minimum Gasteiger partial charge on any atom is -0.396 e. The molecule has 0 radical (unpaired) electrons. The van der Waals surface area contributed by atoms with Gasteiger partial charge in [0.15, 0.2) is 0 Å². The van der Waals surface area contributed by atoms with Crippen molar-refractivity contribution in [2.75, 3.05) is 46.4 Å². The number of piperazine rings is 1. The zero-order valence-corrected chi connectivity index (χ0v) is 9.79. The first-order valence-electron chi connectivity index (χ1n) is 5.61. The highest BCUT2D eigenvalue weighted by molar-refractivity contribution is 4.79. The summed E-state index contributed by atoms with van der Waals surface area (Å²) >= 11 is 0. The fraction of sp³-hybridized carbons (Fsp3) is 1.00. The second-order valence-electron chi connectivity index (χ2n) is 4.90. The van der Waals surface area contributed by atoms with Gasteiger partial charge in [-0.1, -0.05) is 13.8 Å². The van der Waals surface area contributed by atoms with E-state index in [0.29, 0.717) is 6.61 Å². The molecule has 1 heterocycles. The van der Waals surface area contributed by atoms with E-state index in [9.17, 15) is 5.11 Å². The number of hydrogen-bond acceptors (Lipinski definition) is 3. The van der Waals surface area contributed by atoms with Crippen LogP contribution in [0.2, 0.25) is 0 Å². The highest BCUT2D eigenvalue weighted by Gasteiger charge is 2.25. The third kappa shape index (κ3) is 3.23. The molecule has 0 amide bonds. The van der Waals surface area contributed by atoms with Gasteiger partial charge in [0.1, 0.15) is 0 Å². The summed E-state index contributed by atoms with van der Waals surface area (Å²) in [6.07, 6.45) is 1.05. The van der Waals surface area contributed by atoms with Crippen LogP contribution in [-0.4, -0.2) is 61.3 Å². The molecule has 1 fully saturated rings. The van der Waals surface area contributed by atoms with E-state index in [2.05, 4.69) is 30.7 Å². The molecule has 84 valence electrons. The first-order chi connectivity index (χ1) is 6.59. The zero-order chi connectivity index (χ0) is 10.6.